The van der Waals surface area contributed by atoms with Crippen molar-refractivity contribution in [1.82, 2.24) is 4.90 Å². The molecule has 0 atom stereocenters. The van der Waals surface area contributed by atoms with Gasteiger partial charge in [-0.05, 0) is 40.5 Å². The van der Waals surface area contributed by atoms with Gasteiger partial charge in [-0.15, -0.1) is 0 Å². The van der Waals surface area contributed by atoms with Gasteiger partial charge in [0.1, 0.15) is 11.4 Å². The Morgan fingerprint density at radius 2 is 1.74 bits per heavy atom. The molecule has 5 rings (SSSR count). The third kappa shape index (κ3) is 5.05. The first-order valence-electron chi connectivity index (χ1n) is 12.0. The quantitative estimate of drug-likeness (QED) is 0.364. The lowest BCUT2D eigenvalue weighted by molar-refractivity contribution is -0.134. The van der Waals surface area contributed by atoms with Crippen LogP contribution < -0.4 is 4.74 Å². The molecule has 5 nitrogen and oxygen atoms in total. The van der Waals surface area contributed by atoms with Gasteiger partial charge in [-0.3, -0.25) is 9.69 Å². The number of nitrogens with zero attached hydrogens (tertiary/aromatic N) is 1. The molecule has 0 aliphatic carbocycles. The van der Waals surface area contributed by atoms with Crippen LogP contribution in [0.25, 0.3) is 17.2 Å². The van der Waals surface area contributed by atoms with Gasteiger partial charge in [0.15, 0.2) is 5.78 Å². The van der Waals surface area contributed by atoms with Crippen LogP contribution in [-0.4, -0.2) is 42.5 Å². The summed E-state index contributed by atoms with van der Waals surface area (Å²) in [5.74, 6) is 0.309. The average Bonchev–Trinajstić information content (AvgIpc) is 2.90. The molecule has 1 saturated heterocycles. The van der Waals surface area contributed by atoms with Crippen molar-refractivity contribution in [3.8, 4) is 16.9 Å². The maximum Gasteiger partial charge on any atom is 0.330 e. The summed E-state index contributed by atoms with van der Waals surface area (Å²) in [5, 5.41) is 0. The van der Waals surface area contributed by atoms with Crippen LogP contribution in [0, 0.1) is 0 Å². The van der Waals surface area contributed by atoms with E-state index >= 15 is 0 Å². The second kappa shape index (κ2) is 9.88. The Kier molecular flexibility index (Phi) is 6.51. The number of ketones is 1. The fraction of sp³-hybridized carbons (Fsp3) is 0.267. The van der Waals surface area contributed by atoms with E-state index < -0.39 is 11.6 Å². The number of esters is 1. The summed E-state index contributed by atoms with van der Waals surface area (Å²) in [4.78, 5) is 26.9. The largest absolute Gasteiger partial charge is 0.486 e. The summed E-state index contributed by atoms with van der Waals surface area (Å²) in [6.07, 6.45) is 5.02. The smallest absolute Gasteiger partial charge is 0.330 e. The minimum Gasteiger partial charge on any atom is -0.486 e. The first kappa shape index (κ1) is 23.1. The van der Waals surface area contributed by atoms with E-state index in [1.54, 1.807) is 12.1 Å². The average molecular weight is 468 g/mol. The van der Waals surface area contributed by atoms with E-state index in [1.807, 2.05) is 18.2 Å². The number of Topliss-reactive ketones (excluding diaryl/α,β-unsaturated/α-hetero) is 1. The summed E-state index contributed by atoms with van der Waals surface area (Å²) in [5.41, 5.74) is 4.73. The topological polar surface area (TPSA) is 55.8 Å². The predicted molar refractivity (Wildman–Crippen MR) is 136 cm³/mol. The van der Waals surface area contributed by atoms with E-state index in [0.717, 1.165) is 38.0 Å². The summed E-state index contributed by atoms with van der Waals surface area (Å²) in [6.45, 7) is 2.64. The molecule has 0 N–H and O–H groups in total. The number of piperidine rings is 1. The number of benzene rings is 3. The monoisotopic (exact) mass is 467 g/mol. The zero-order valence-corrected chi connectivity index (χ0v) is 19.9. The Labute approximate surface area is 206 Å². The number of carbonyl (C=O) groups is 2. The molecule has 1 fully saturated rings. The van der Waals surface area contributed by atoms with Crippen molar-refractivity contribution in [1.29, 1.82) is 0 Å². The molecule has 2 aliphatic heterocycles. The van der Waals surface area contributed by atoms with E-state index in [-0.39, 0.29) is 5.78 Å². The zero-order chi connectivity index (χ0) is 24.3. The summed E-state index contributed by atoms with van der Waals surface area (Å²) >= 11 is 0. The number of hydrogen-bond acceptors (Lipinski definition) is 5. The highest BCUT2D eigenvalue weighted by Crippen LogP contribution is 2.40. The molecule has 3 aromatic rings. The van der Waals surface area contributed by atoms with Crippen LogP contribution in [0.5, 0.6) is 5.75 Å². The molecule has 5 heteroatoms. The second-order valence-electron chi connectivity index (χ2n) is 9.30. The Morgan fingerprint density at radius 3 is 2.51 bits per heavy atom. The van der Waals surface area contributed by atoms with Gasteiger partial charge in [0, 0.05) is 38.6 Å². The SMILES string of the molecule is COC(=O)/C=C/c1ccc2c(c1)C(=O)CC1(CCN(Cc3ccccc3-c3ccccc3)CC1)O2. The van der Waals surface area contributed by atoms with E-state index in [1.165, 1.54) is 29.9 Å². The van der Waals surface area contributed by atoms with Gasteiger partial charge in [0.05, 0.1) is 19.1 Å². The maximum absolute atomic E-state index is 13.1. The van der Waals surface area contributed by atoms with E-state index in [0.29, 0.717) is 17.7 Å². The van der Waals surface area contributed by atoms with Crippen LogP contribution in [-0.2, 0) is 16.1 Å². The Hall–Kier alpha value is -3.70. The minimum atomic E-state index is -0.442. The van der Waals surface area contributed by atoms with Crippen LogP contribution in [0.2, 0.25) is 0 Å². The van der Waals surface area contributed by atoms with Crippen molar-refractivity contribution in [2.75, 3.05) is 20.2 Å². The summed E-state index contributed by atoms with van der Waals surface area (Å²) in [7, 11) is 1.34. The molecule has 0 radical (unpaired) electrons. The van der Waals surface area contributed by atoms with Crippen LogP contribution in [0.4, 0.5) is 0 Å². The maximum atomic E-state index is 13.1. The number of methoxy groups -OCH3 is 1. The lowest BCUT2D eigenvalue weighted by atomic mass is 9.82. The van der Waals surface area contributed by atoms with E-state index in [9.17, 15) is 9.59 Å². The van der Waals surface area contributed by atoms with Gasteiger partial charge < -0.3 is 9.47 Å². The third-order valence-electron chi connectivity index (χ3n) is 6.99. The minimum absolute atomic E-state index is 0.0995. The fourth-order valence-corrected chi connectivity index (χ4v) is 5.04. The highest BCUT2D eigenvalue weighted by molar-refractivity contribution is 6.01. The van der Waals surface area contributed by atoms with Gasteiger partial charge >= 0.3 is 5.97 Å². The molecule has 178 valence electrons. The zero-order valence-electron chi connectivity index (χ0n) is 19.9. The number of ether oxygens (including phenoxy) is 2. The summed E-state index contributed by atoms with van der Waals surface area (Å²) in [6, 6.07) is 24.6. The van der Waals surface area contributed by atoms with Gasteiger partial charge in [0.25, 0.3) is 0 Å². The molecular formula is C30H29NO4. The molecule has 0 unspecified atom stereocenters. The summed E-state index contributed by atoms with van der Waals surface area (Å²) < 4.78 is 11.1. The van der Waals surface area contributed by atoms with Gasteiger partial charge in [-0.2, -0.15) is 0 Å². The third-order valence-corrected chi connectivity index (χ3v) is 6.99. The molecule has 2 aliphatic rings. The Bertz CT molecular complexity index is 1260. The van der Waals surface area contributed by atoms with Crippen molar-refractivity contribution in [2.45, 2.75) is 31.4 Å². The molecule has 1 spiro atoms. The van der Waals surface area contributed by atoms with Crippen molar-refractivity contribution in [3.05, 3.63) is 95.6 Å². The van der Waals surface area contributed by atoms with Gasteiger partial charge in [-0.1, -0.05) is 60.7 Å². The van der Waals surface area contributed by atoms with Gasteiger partial charge in [0.2, 0.25) is 0 Å². The van der Waals surface area contributed by atoms with E-state index in [4.69, 9.17) is 4.74 Å². The number of likely N-dealkylation sites (tertiary alicyclic amines) is 1. The molecule has 0 aromatic heterocycles. The lowest BCUT2D eigenvalue weighted by Gasteiger charge is -2.44. The highest BCUT2D eigenvalue weighted by Gasteiger charge is 2.43. The van der Waals surface area contributed by atoms with Crippen molar-refractivity contribution in [3.63, 3.8) is 0 Å². The molecule has 35 heavy (non-hydrogen) atoms. The van der Waals surface area contributed by atoms with Crippen molar-refractivity contribution in [2.24, 2.45) is 0 Å². The highest BCUT2D eigenvalue weighted by atomic mass is 16.5. The number of carbonyl (C=O) groups excluding carboxylic acids is 2. The van der Waals surface area contributed by atoms with Gasteiger partial charge in [-0.25, -0.2) is 4.79 Å². The van der Waals surface area contributed by atoms with Crippen LogP contribution >= 0.6 is 0 Å². The predicted octanol–water partition coefficient (Wildman–Crippen LogP) is 5.54. The van der Waals surface area contributed by atoms with Crippen LogP contribution in [0.1, 0.15) is 40.7 Å². The molecular weight excluding hydrogens is 438 g/mol. The van der Waals surface area contributed by atoms with Crippen molar-refractivity contribution < 1.29 is 19.1 Å². The Morgan fingerprint density at radius 1 is 1.00 bits per heavy atom. The standard InChI is InChI=1S/C30H29NO4/c1-34-29(33)14-12-22-11-13-28-26(19-22)27(32)20-30(35-28)15-17-31(18-16-30)21-24-9-5-6-10-25(24)23-7-3-2-4-8-23/h2-14,19H,15-18,20-21H2,1H3/b14-12+. The number of fused-ring (bicyclic) bond motifs is 1. The molecule has 0 bridgehead atoms. The normalized spacial score (nSPS) is 17.2. The molecule has 0 amide bonds. The van der Waals surface area contributed by atoms with Crippen LogP contribution in [0.3, 0.4) is 0 Å². The second-order valence-corrected chi connectivity index (χ2v) is 9.30. The molecule has 2 heterocycles. The first-order chi connectivity index (χ1) is 17.0. The first-order valence-corrected chi connectivity index (χ1v) is 12.0. The molecule has 0 saturated carbocycles. The van der Waals surface area contributed by atoms with E-state index in [2.05, 4.69) is 58.2 Å². The fourth-order valence-electron chi connectivity index (χ4n) is 5.04. The molecule has 3 aromatic carbocycles. The number of rotatable bonds is 5. The Balaban J connectivity index is 1.26. The number of hydrogen-bond donors (Lipinski definition) is 0. The lowest BCUT2D eigenvalue weighted by Crippen LogP contribution is -2.50. The van der Waals surface area contributed by atoms with Crippen molar-refractivity contribution >= 4 is 17.8 Å². The van der Waals surface area contributed by atoms with Crippen LogP contribution in [0.15, 0.2) is 78.9 Å².